The molecule has 1 aromatic carbocycles. The Kier molecular flexibility index (Phi) is 7.02. The van der Waals surface area contributed by atoms with Crippen molar-refractivity contribution in [3.63, 3.8) is 0 Å². The van der Waals surface area contributed by atoms with Gasteiger partial charge in [-0.1, -0.05) is 12.2 Å². The summed E-state index contributed by atoms with van der Waals surface area (Å²) < 4.78 is 10.7. The molecular weight excluding hydrogens is 338 g/mol. The molecule has 0 bridgehead atoms. The number of hydrogen-bond donors (Lipinski definition) is 4. The number of carbonyl (C=O) groups is 1. The minimum Gasteiger partial charge on any atom is -0.497 e. The van der Waals surface area contributed by atoms with E-state index in [9.17, 15) is 20.1 Å². The number of aliphatic hydroxyl groups excluding tert-OH is 3. The summed E-state index contributed by atoms with van der Waals surface area (Å²) >= 11 is 0. The van der Waals surface area contributed by atoms with Gasteiger partial charge in [0.05, 0.1) is 24.5 Å². The van der Waals surface area contributed by atoms with Crippen molar-refractivity contribution in [2.75, 3.05) is 12.8 Å². The van der Waals surface area contributed by atoms with Gasteiger partial charge in [-0.25, -0.2) is 4.79 Å². The van der Waals surface area contributed by atoms with E-state index in [0.717, 1.165) is 0 Å². The van der Waals surface area contributed by atoms with Crippen LogP contribution in [-0.4, -0.2) is 52.8 Å². The number of ether oxygens (including phenoxy) is 2. The molecule has 2 rings (SSSR count). The molecule has 1 aliphatic heterocycles. The summed E-state index contributed by atoms with van der Waals surface area (Å²) in [6.45, 7) is 1.73. The van der Waals surface area contributed by atoms with Gasteiger partial charge in [-0.2, -0.15) is 0 Å². The number of rotatable bonds is 1. The maximum atomic E-state index is 12.6. The first-order valence-electron chi connectivity index (χ1n) is 8.71. The number of cyclic esters (lactones) is 1. The summed E-state index contributed by atoms with van der Waals surface area (Å²) in [6.07, 6.45) is 0.581. The number of methoxy groups -OCH3 is 1. The molecule has 1 aliphatic rings. The summed E-state index contributed by atoms with van der Waals surface area (Å²) in [7, 11) is 1.51. The van der Waals surface area contributed by atoms with Gasteiger partial charge in [-0.05, 0) is 37.8 Å². The van der Waals surface area contributed by atoms with Gasteiger partial charge in [0.15, 0.2) is 0 Å². The molecule has 0 amide bonds. The normalized spacial score (nSPS) is 29.2. The number of aliphatic hydroxyl groups is 3. The lowest BCUT2D eigenvalue weighted by Gasteiger charge is -2.22. The number of esters is 1. The zero-order valence-electron chi connectivity index (χ0n) is 15.1. The average Bonchev–Trinajstić information content (AvgIpc) is 2.59. The third-order valence-corrected chi connectivity index (χ3v) is 4.46. The third-order valence-electron chi connectivity index (χ3n) is 4.46. The second-order valence-corrected chi connectivity index (χ2v) is 6.57. The van der Waals surface area contributed by atoms with Gasteiger partial charge in [-0.3, -0.25) is 0 Å². The molecule has 4 unspecified atom stereocenters. The van der Waals surface area contributed by atoms with Crippen molar-refractivity contribution in [2.24, 2.45) is 0 Å². The summed E-state index contributed by atoms with van der Waals surface area (Å²) in [5.41, 5.74) is 7.27. The molecule has 0 saturated heterocycles. The fourth-order valence-electron chi connectivity index (χ4n) is 2.97. The molecule has 1 heterocycles. The SMILES string of the molecule is COc1cc(N)c2c(c1)CCCC(O)C(O)C(O)/C=C\CC(C)OC2=O. The van der Waals surface area contributed by atoms with Crippen LogP contribution in [0.15, 0.2) is 24.3 Å². The molecule has 7 heteroatoms. The van der Waals surface area contributed by atoms with E-state index in [-0.39, 0.29) is 12.1 Å². The van der Waals surface area contributed by atoms with E-state index in [1.165, 1.54) is 13.2 Å². The Labute approximate surface area is 153 Å². The number of hydrogen-bond acceptors (Lipinski definition) is 7. The van der Waals surface area contributed by atoms with Gasteiger partial charge < -0.3 is 30.5 Å². The molecule has 0 aliphatic carbocycles. The van der Waals surface area contributed by atoms with E-state index in [1.807, 2.05) is 0 Å². The Morgan fingerprint density at radius 3 is 2.69 bits per heavy atom. The van der Waals surface area contributed by atoms with Gasteiger partial charge >= 0.3 is 5.97 Å². The van der Waals surface area contributed by atoms with E-state index in [2.05, 4.69) is 0 Å². The smallest absolute Gasteiger partial charge is 0.340 e. The highest BCUT2D eigenvalue weighted by Gasteiger charge is 2.24. The largest absolute Gasteiger partial charge is 0.497 e. The molecule has 26 heavy (non-hydrogen) atoms. The molecule has 0 aromatic heterocycles. The fourth-order valence-corrected chi connectivity index (χ4v) is 2.97. The molecule has 4 atom stereocenters. The van der Waals surface area contributed by atoms with E-state index in [4.69, 9.17) is 15.2 Å². The Hall–Kier alpha value is -2.09. The fraction of sp³-hybridized carbons (Fsp3) is 0.526. The quantitative estimate of drug-likeness (QED) is 0.335. The van der Waals surface area contributed by atoms with Crippen LogP contribution >= 0.6 is 0 Å². The van der Waals surface area contributed by atoms with E-state index < -0.39 is 30.4 Å². The van der Waals surface area contributed by atoms with Gasteiger partial charge in [0, 0.05) is 12.5 Å². The summed E-state index contributed by atoms with van der Waals surface area (Å²) in [5.74, 6) is 0.0152. The van der Waals surface area contributed by atoms with Gasteiger partial charge in [-0.15, -0.1) is 0 Å². The minimum absolute atomic E-state index is 0.258. The molecule has 0 spiro atoms. The van der Waals surface area contributed by atoms with Crippen LogP contribution in [0.5, 0.6) is 5.75 Å². The minimum atomic E-state index is -1.28. The van der Waals surface area contributed by atoms with E-state index >= 15 is 0 Å². The Bertz CT molecular complexity index is 660. The zero-order valence-corrected chi connectivity index (χ0v) is 15.1. The van der Waals surface area contributed by atoms with Crippen molar-refractivity contribution in [1.29, 1.82) is 0 Å². The number of carbonyl (C=O) groups excluding carboxylic acids is 1. The van der Waals surface area contributed by atoms with Crippen LogP contribution < -0.4 is 10.5 Å². The standard InChI is InChI=1S/C19H27NO6/c1-11-5-3-7-15(21)18(23)16(22)8-4-6-12-9-13(25-2)10-14(20)17(12)19(24)26-11/h3,7,9-11,15-16,18,21-23H,4-6,8,20H2,1-2H3/b7-3-. The molecule has 0 fully saturated rings. The van der Waals surface area contributed by atoms with Crippen LogP contribution in [0.3, 0.4) is 0 Å². The lowest BCUT2D eigenvalue weighted by molar-refractivity contribution is -0.0447. The van der Waals surface area contributed by atoms with Gasteiger partial charge in [0.2, 0.25) is 0 Å². The number of benzene rings is 1. The Morgan fingerprint density at radius 1 is 1.27 bits per heavy atom. The van der Waals surface area contributed by atoms with Crippen LogP contribution in [0.4, 0.5) is 5.69 Å². The maximum absolute atomic E-state index is 12.6. The first-order chi connectivity index (χ1) is 12.3. The number of nitrogens with two attached hydrogens (primary N) is 1. The van der Waals surface area contributed by atoms with Crippen LogP contribution in [0.1, 0.15) is 42.1 Å². The number of nitrogen functional groups attached to an aromatic ring is 1. The van der Waals surface area contributed by atoms with Crippen molar-refractivity contribution in [2.45, 2.75) is 57.0 Å². The van der Waals surface area contributed by atoms with Crippen LogP contribution in [0, 0.1) is 0 Å². The van der Waals surface area contributed by atoms with Crippen molar-refractivity contribution < 1.29 is 29.6 Å². The average molecular weight is 365 g/mol. The van der Waals surface area contributed by atoms with Crippen molar-refractivity contribution in [3.05, 3.63) is 35.4 Å². The molecule has 5 N–H and O–H groups in total. The van der Waals surface area contributed by atoms with Crippen molar-refractivity contribution in [3.8, 4) is 5.75 Å². The second kappa shape index (κ2) is 9.02. The Balaban J connectivity index is 2.35. The number of aryl methyl sites for hydroxylation is 1. The Morgan fingerprint density at radius 2 is 2.00 bits per heavy atom. The third kappa shape index (κ3) is 4.97. The topological polar surface area (TPSA) is 122 Å². The first-order valence-corrected chi connectivity index (χ1v) is 8.71. The van der Waals surface area contributed by atoms with Crippen LogP contribution in [0.2, 0.25) is 0 Å². The van der Waals surface area contributed by atoms with Crippen molar-refractivity contribution >= 4 is 11.7 Å². The highest BCUT2D eigenvalue weighted by Crippen LogP contribution is 2.28. The lowest BCUT2D eigenvalue weighted by atomic mass is 9.96. The van der Waals surface area contributed by atoms with Crippen LogP contribution in [-0.2, 0) is 11.2 Å². The predicted molar refractivity (Wildman–Crippen MR) is 97.0 cm³/mol. The molecule has 1 aromatic rings. The molecule has 144 valence electrons. The summed E-state index contributed by atoms with van der Waals surface area (Å²) in [4.78, 5) is 12.6. The molecule has 0 radical (unpaired) electrons. The summed E-state index contributed by atoms with van der Waals surface area (Å²) in [6, 6.07) is 3.30. The predicted octanol–water partition coefficient (Wildman–Crippen LogP) is 1.19. The zero-order chi connectivity index (χ0) is 19.3. The van der Waals surface area contributed by atoms with Gasteiger partial charge in [0.25, 0.3) is 0 Å². The summed E-state index contributed by atoms with van der Waals surface area (Å²) in [5, 5.41) is 30.0. The van der Waals surface area contributed by atoms with Crippen LogP contribution in [0.25, 0.3) is 0 Å². The van der Waals surface area contributed by atoms with E-state index in [1.54, 1.807) is 25.1 Å². The maximum Gasteiger partial charge on any atom is 0.340 e. The first kappa shape index (κ1) is 20.2. The lowest BCUT2D eigenvalue weighted by Crippen LogP contribution is -2.36. The monoisotopic (exact) mass is 365 g/mol. The second-order valence-electron chi connectivity index (χ2n) is 6.57. The highest BCUT2D eigenvalue weighted by molar-refractivity contribution is 5.97. The van der Waals surface area contributed by atoms with Gasteiger partial charge in [0.1, 0.15) is 24.1 Å². The number of anilines is 1. The molecule has 7 nitrogen and oxygen atoms in total. The van der Waals surface area contributed by atoms with Crippen molar-refractivity contribution in [1.82, 2.24) is 0 Å². The molecule has 0 saturated carbocycles. The highest BCUT2D eigenvalue weighted by atomic mass is 16.5. The molecular formula is C19H27NO6. The number of fused-ring (bicyclic) bond motifs is 1. The van der Waals surface area contributed by atoms with E-state index in [0.29, 0.717) is 36.1 Å².